The maximum absolute atomic E-state index is 6.03. The maximum Gasteiger partial charge on any atom is 0.258 e. The smallest absolute Gasteiger partial charge is 0.258 e. The van der Waals surface area contributed by atoms with E-state index in [-0.39, 0.29) is 5.38 Å². The number of hydrogen-bond acceptors (Lipinski definition) is 4. The van der Waals surface area contributed by atoms with Gasteiger partial charge in [-0.15, -0.1) is 11.6 Å². The Labute approximate surface area is 93.9 Å². The molecule has 1 aliphatic rings. The normalized spacial score (nSPS) is 28.2. The van der Waals surface area contributed by atoms with E-state index in [1.54, 1.807) is 0 Å². The van der Waals surface area contributed by atoms with E-state index in [4.69, 9.17) is 20.9 Å². The molecule has 1 saturated heterocycles. The SMILES string of the molecule is CCC(Cl)c1noc(C2(C)CCCO2)n1. The third-order valence-corrected chi connectivity index (χ3v) is 3.26. The summed E-state index contributed by atoms with van der Waals surface area (Å²) in [6.07, 6.45) is 2.75. The topological polar surface area (TPSA) is 48.2 Å². The van der Waals surface area contributed by atoms with Crippen molar-refractivity contribution in [3.63, 3.8) is 0 Å². The van der Waals surface area contributed by atoms with Crippen molar-refractivity contribution in [2.45, 2.75) is 44.1 Å². The number of ether oxygens (including phenoxy) is 1. The van der Waals surface area contributed by atoms with Crippen molar-refractivity contribution >= 4 is 11.6 Å². The molecule has 2 atom stereocenters. The van der Waals surface area contributed by atoms with E-state index in [2.05, 4.69) is 10.1 Å². The lowest BCUT2D eigenvalue weighted by Gasteiger charge is -2.16. The second-order valence-corrected chi connectivity index (χ2v) is 4.54. The summed E-state index contributed by atoms with van der Waals surface area (Å²) >= 11 is 6.03. The average Bonchev–Trinajstić information content (AvgIpc) is 2.85. The maximum atomic E-state index is 6.03. The number of nitrogens with zero attached hydrogens (tertiary/aromatic N) is 2. The molecule has 15 heavy (non-hydrogen) atoms. The van der Waals surface area contributed by atoms with Gasteiger partial charge in [-0.3, -0.25) is 0 Å². The molecule has 5 heteroatoms. The average molecular weight is 231 g/mol. The lowest BCUT2D eigenvalue weighted by Crippen LogP contribution is -2.20. The van der Waals surface area contributed by atoms with Gasteiger partial charge in [-0.1, -0.05) is 12.1 Å². The van der Waals surface area contributed by atoms with E-state index in [9.17, 15) is 0 Å². The third kappa shape index (κ3) is 2.01. The van der Waals surface area contributed by atoms with Gasteiger partial charge < -0.3 is 9.26 Å². The van der Waals surface area contributed by atoms with E-state index in [1.807, 2.05) is 13.8 Å². The summed E-state index contributed by atoms with van der Waals surface area (Å²) in [5, 5.41) is 3.71. The van der Waals surface area contributed by atoms with E-state index >= 15 is 0 Å². The van der Waals surface area contributed by atoms with Crippen molar-refractivity contribution in [2.24, 2.45) is 0 Å². The molecule has 1 aliphatic heterocycles. The van der Waals surface area contributed by atoms with E-state index < -0.39 is 5.60 Å². The Morgan fingerprint density at radius 3 is 3.00 bits per heavy atom. The third-order valence-electron chi connectivity index (χ3n) is 2.75. The van der Waals surface area contributed by atoms with Crippen LogP contribution in [-0.2, 0) is 10.3 Å². The Kier molecular flexibility index (Phi) is 2.98. The van der Waals surface area contributed by atoms with Crippen LogP contribution in [0.3, 0.4) is 0 Å². The molecular formula is C10H15ClN2O2. The second kappa shape index (κ2) is 4.10. The van der Waals surface area contributed by atoms with Crippen LogP contribution in [-0.4, -0.2) is 16.7 Å². The van der Waals surface area contributed by atoms with Gasteiger partial charge in [-0.2, -0.15) is 4.98 Å². The summed E-state index contributed by atoms with van der Waals surface area (Å²) in [6, 6.07) is 0. The predicted molar refractivity (Wildman–Crippen MR) is 55.7 cm³/mol. The Morgan fingerprint density at radius 2 is 2.40 bits per heavy atom. The van der Waals surface area contributed by atoms with Crippen LogP contribution >= 0.6 is 11.6 Å². The fourth-order valence-electron chi connectivity index (χ4n) is 1.71. The van der Waals surface area contributed by atoms with Gasteiger partial charge in [0, 0.05) is 6.61 Å². The largest absolute Gasteiger partial charge is 0.365 e. The number of hydrogen-bond donors (Lipinski definition) is 0. The van der Waals surface area contributed by atoms with Crippen molar-refractivity contribution < 1.29 is 9.26 Å². The quantitative estimate of drug-likeness (QED) is 0.750. The van der Waals surface area contributed by atoms with Gasteiger partial charge >= 0.3 is 0 Å². The highest BCUT2D eigenvalue weighted by molar-refractivity contribution is 6.20. The Hall–Kier alpha value is -0.610. The van der Waals surface area contributed by atoms with Crippen LogP contribution in [0.4, 0.5) is 0 Å². The summed E-state index contributed by atoms with van der Waals surface area (Å²) in [5.74, 6) is 1.11. The highest BCUT2D eigenvalue weighted by Crippen LogP contribution is 2.35. The molecule has 0 amide bonds. The minimum Gasteiger partial charge on any atom is -0.365 e. The van der Waals surface area contributed by atoms with Crippen LogP contribution in [0.15, 0.2) is 4.52 Å². The molecule has 0 N–H and O–H groups in total. The van der Waals surface area contributed by atoms with Gasteiger partial charge in [0.2, 0.25) is 0 Å². The molecule has 0 aromatic carbocycles. The molecule has 1 fully saturated rings. The zero-order valence-corrected chi connectivity index (χ0v) is 9.75. The first-order chi connectivity index (χ1) is 7.15. The number of rotatable bonds is 3. The molecule has 84 valence electrons. The fraction of sp³-hybridized carbons (Fsp3) is 0.800. The minimum atomic E-state index is -0.407. The van der Waals surface area contributed by atoms with Gasteiger partial charge in [0.1, 0.15) is 5.60 Å². The summed E-state index contributed by atoms with van der Waals surface area (Å²) in [7, 11) is 0. The van der Waals surface area contributed by atoms with Crippen molar-refractivity contribution in [3.05, 3.63) is 11.7 Å². The number of aromatic nitrogens is 2. The van der Waals surface area contributed by atoms with Crippen LogP contribution in [0.25, 0.3) is 0 Å². The molecule has 1 aromatic heterocycles. The molecule has 0 spiro atoms. The Morgan fingerprint density at radius 1 is 1.60 bits per heavy atom. The van der Waals surface area contributed by atoms with Gasteiger partial charge in [0.15, 0.2) is 5.82 Å². The first-order valence-corrected chi connectivity index (χ1v) is 5.71. The van der Waals surface area contributed by atoms with Crippen LogP contribution < -0.4 is 0 Å². The molecule has 0 saturated carbocycles. The highest BCUT2D eigenvalue weighted by Gasteiger charge is 2.37. The van der Waals surface area contributed by atoms with Crippen LogP contribution in [0.2, 0.25) is 0 Å². The van der Waals surface area contributed by atoms with E-state index in [0.29, 0.717) is 11.7 Å². The monoisotopic (exact) mass is 230 g/mol. The molecule has 2 rings (SSSR count). The van der Waals surface area contributed by atoms with Crippen LogP contribution in [0, 0.1) is 0 Å². The van der Waals surface area contributed by atoms with Crippen molar-refractivity contribution in [1.29, 1.82) is 0 Å². The summed E-state index contributed by atoms with van der Waals surface area (Å²) in [6.45, 7) is 4.72. The first kappa shape index (κ1) is 10.9. The molecule has 1 aromatic rings. The lowest BCUT2D eigenvalue weighted by molar-refractivity contribution is -0.00937. The number of halogens is 1. The summed E-state index contributed by atoms with van der Waals surface area (Å²) in [4.78, 5) is 4.30. The second-order valence-electron chi connectivity index (χ2n) is 4.02. The fourth-order valence-corrected chi connectivity index (χ4v) is 1.80. The predicted octanol–water partition coefficient (Wildman–Crippen LogP) is 2.79. The van der Waals surface area contributed by atoms with Gasteiger partial charge in [-0.25, -0.2) is 0 Å². The number of alkyl halides is 1. The van der Waals surface area contributed by atoms with E-state index in [0.717, 1.165) is 25.9 Å². The molecule has 0 aliphatic carbocycles. The van der Waals surface area contributed by atoms with Crippen molar-refractivity contribution in [3.8, 4) is 0 Å². The minimum absolute atomic E-state index is 0.174. The molecule has 4 nitrogen and oxygen atoms in total. The lowest BCUT2D eigenvalue weighted by atomic mass is 10.0. The van der Waals surface area contributed by atoms with Gasteiger partial charge in [0.05, 0.1) is 5.38 Å². The zero-order valence-electron chi connectivity index (χ0n) is 8.99. The van der Waals surface area contributed by atoms with Gasteiger partial charge in [0.25, 0.3) is 5.89 Å². The summed E-state index contributed by atoms with van der Waals surface area (Å²) < 4.78 is 10.8. The Bertz CT molecular complexity index is 334. The molecule has 2 unspecified atom stereocenters. The van der Waals surface area contributed by atoms with Gasteiger partial charge in [-0.05, 0) is 26.2 Å². The van der Waals surface area contributed by atoms with Crippen LogP contribution in [0.1, 0.15) is 50.2 Å². The standard InChI is InChI=1S/C10H15ClN2O2/c1-3-7(11)8-12-9(15-13-8)10(2)5-4-6-14-10/h7H,3-6H2,1-2H3. The molecular weight excluding hydrogens is 216 g/mol. The van der Waals surface area contributed by atoms with E-state index in [1.165, 1.54) is 0 Å². The molecule has 0 bridgehead atoms. The Balaban J connectivity index is 2.19. The van der Waals surface area contributed by atoms with Crippen molar-refractivity contribution in [1.82, 2.24) is 10.1 Å². The summed E-state index contributed by atoms with van der Waals surface area (Å²) in [5.41, 5.74) is -0.407. The molecule has 2 heterocycles. The molecule has 0 radical (unpaired) electrons. The zero-order chi connectivity index (χ0) is 10.9. The van der Waals surface area contributed by atoms with Crippen LogP contribution in [0.5, 0.6) is 0 Å². The highest BCUT2D eigenvalue weighted by atomic mass is 35.5. The first-order valence-electron chi connectivity index (χ1n) is 5.28. The van der Waals surface area contributed by atoms with Crippen molar-refractivity contribution in [2.75, 3.05) is 6.61 Å².